The van der Waals surface area contributed by atoms with Crippen molar-refractivity contribution in [2.75, 3.05) is 18.0 Å². The first-order chi connectivity index (χ1) is 9.45. The number of benzene rings is 1. The predicted octanol–water partition coefficient (Wildman–Crippen LogP) is 1.29. The van der Waals surface area contributed by atoms with E-state index in [1.807, 2.05) is 12.1 Å². The Kier molecular flexibility index (Phi) is 4.67. The number of nitrogens with zero attached hydrogens (tertiary/aromatic N) is 1. The van der Waals surface area contributed by atoms with E-state index >= 15 is 0 Å². The van der Waals surface area contributed by atoms with Crippen LogP contribution < -0.4 is 15.8 Å². The Morgan fingerprint density at radius 1 is 1.30 bits per heavy atom. The first-order valence-electron chi connectivity index (χ1n) is 7.05. The third-order valence-electron chi connectivity index (χ3n) is 4.17. The molecule has 2 rings (SSSR count). The summed E-state index contributed by atoms with van der Waals surface area (Å²) in [5.41, 5.74) is 6.91. The molecule has 1 fully saturated rings. The van der Waals surface area contributed by atoms with Crippen LogP contribution in [0.5, 0.6) is 0 Å². The van der Waals surface area contributed by atoms with Crippen LogP contribution in [0.1, 0.15) is 26.2 Å². The Morgan fingerprint density at radius 3 is 2.45 bits per heavy atom. The highest BCUT2D eigenvalue weighted by atomic mass is 32.2. The van der Waals surface area contributed by atoms with Gasteiger partial charge in [-0.1, -0.05) is 13.3 Å². The van der Waals surface area contributed by atoms with Gasteiger partial charge in [-0.3, -0.25) is 0 Å². The minimum atomic E-state index is -3.63. The highest BCUT2D eigenvalue weighted by Gasteiger charge is 2.26. The number of rotatable bonds is 4. The summed E-state index contributed by atoms with van der Waals surface area (Å²) in [6, 6.07) is 7.08. The highest BCUT2D eigenvalue weighted by Crippen LogP contribution is 2.29. The van der Waals surface area contributed by atoms with Crippen LogP contribution in [-0.4, -0.2) is 27.5 Å². The molecule has 2 unspecified atom stereocenters. The summed E-state index contributed by atoms with van der Waals surface area (Å²) in [6.45, 7) is 3.80. The van der Waals surface area contributed by atoms with Gasteiger partial charge in [0.2, 0.25) is 10.0 Å². The number of hydrogen-bond donors (Lipinski definition) is 2. The predicted molar refractivity (Wildman–Crippen MR) is 81.0 cm³/mol. The molecule has 0 aromatic heterocycles. The summed E-state index contributed by atoms with van der Waals surface area (Å²) < 4.78 is 22.5. The smallest absolute Gasteiger partial charge is 0.238 e. The van der Waals surface area contributed by atoms with Crippen LogP contribution in [0.4, 0.5) is 5.69 Å². The molecular formula is C14H23N3O2S. The molecule has 1 saturated heterocycles. The number of anilines is 1. The van der Waals surface area contributed by atoms with Gasteiger partial charge in [0.05, 0.1) is 4.90 Å². The maximum atomic E-state index is 11.3. The van der Waals surface area contributed by atoms with Crippen molar-refractivity contribution in [2.24, 2.45) is 16.8 Å². The molecule has 1 heterocycles. The van der Waals surface area contributed by atoms with E-state index in [-0.39, 0.29) is 4.90 Å². The fraction of sp³-hybridized carbons (Fsp3) is 0.571. The first-order valence-corrected chi connectivity index (χ1v) is 8.60. The van der Waals surface area contributed by atoms with Gasteiger partial charge in [0.1, 0.15) is 0 Å². The maximum absolute atomic E-state index is 11.3. The van der Waals surface area contributed by atoms with Crippen LogP contribution in [-0.2, 0) is 10.0 Å². The Labute approximate surface area is 121 Å². The number of nitrogens with two attached hydrogens (primary N) is 2. The van der Waals surface area contributed by atoms with Gasteiger partial charge in [0.15, 0.2) is 0 Å². The second-order valence-electron chi connectivity index (χ2n) is 5.42. The van der Waals surface area contributed by atoms with Gasteiger partial charge in [-0.25, -0.2) is 13.6 Å². The van der Waals surface area contributed by atoms with Gasteiger partial charge in [-0.2, -0.15) is 0 Å². The lowest BCUT2D eigenvalue weighted by atomic mass is 9.88. The molecular weight excluding hydrogens is 274 g/mol. The molecule has 0 amide bonds. The standard InChI is InChI=1S/C14H23N3O2S/c1-2-11-7-8-17(13(9-11)10-15)12-3-5-14(6-4-12)20(16,18)19/h3-6,11,13H,2,7-10,15H2,1H3,(H2,16,18,19). The summed E-state index contributed by atoms with van der Waals surface area (Å²) in [5, 5.41) is 5.11. The second-order valence-corrected chi connectivity index (χ2v) is 6.98. The molecule has 0 bridgehead atoms. The molecule has 1 aromatic rings. The number of primary sulfonamides is 1. The molecule has 6 heteroatoms. The zero-order chi connectivity index (χ0) is 14.8. The van der Waals surface area contributed by atoms with Crippen LogP contribution in [0.2, 0.25) is 0 Å². The zero-order valence-corrected chi connectivity index (χ0v) is 12.6. The maximum Gasteiger partial charge on any atom is 0.238 e. The third kappa shape index (κ3) is 3.31. The van der Waals surface area contributed by atoms with Crippen molar-refractivity contribution in [1.82, 2.24) is 0 Å². The van der Waals surface area contributed by atoms with Crippen molar-refractivity contribution in [2.45, 2.75) is 37.1 Å². The topological polar surface area (TPSA) is 89.4 Å². The minimum Gasteiger partial charge on any atom is -0.367 e. The molecule has 5 nitrogen and oxygen atoms in total. The van der Waals surface area contributed by atoms with Crippen molar-refractivity contribution in [3.05, 3.63) is 24.3 Å². The van der Waals surface area contributed by atoms with Crippen LogP contribution >= 0.6 is 0 Å². The van der Waals surface area contributed by atoms with E-state index in [0.717, 1.165) is 31.0 Å². The summed E-state index contributed by atoms with van der Waals surface area (Å²) in [7, 11) is -3.63. The Morgan fingerprint density at radius 2 is 1.95 bits per heavy atom. The van der Waals surface area contributed by atoms with Crippen molar-refractivity contribution in [1.29, 1.82) is 0 Å². The largest absolute Gasteiger partial charge is 0.367 e. The summed E-state index contributed by atoms with van der Waals surface area (Å²) in [4.78, 5) is 2.42. The molecule has 4 N–H and O–H groups in total. The lowest BCUT2D eigenvalue weighted by Gasteiger charge is -2.40. The summed E-state index contributed by atoms with van der Waals surface area (Å²) >= 11 is 0. The zero-order valence-electron chi connectivity index (χ0n) is 11.8. The molecule has 20 heavy (non-hydrogen) atoms. The molecule has 112 valence electrons. The van der Waals surface area contributed by atoms with Crippen molar-refractivity contribution in [3.8, 4) is 0 Å². The van der Waals surface area contributed by atoms with E-state index in [1.165, 1.54) is 6.42 Å². The van der Waals surface area contributed by atoms with Gasteiger partial charge < -0.3 is 10.6 Å². The first kappa shape index (κ1) is 15.3. The molecule has 1 aliphatic rings. The summed E-state index contributed by atoms with van der Waals surface area (Å²) in [5.74, 6) is 0.739. The quantitative estimate of drug-likeness (QED) is 0.876. The lowest BCUT2D eigenvalue weighted by Crippen LogP contribution is -2.46. The van der Waals surface area contributed by atoms with Crippen molar-refractivity contribution in [3.63, 3.8) is 0 Å². The van der Waals surface area contributed by atoms with Crippen LogP contribution in [0.15, 0.2) is 29.2 Å². The molecule has 0 spiro atoms. The van der Waals surface area contributed by atoms with E-state index in [9.17, 15) is 8.42 Å². The molecule has 0 saturated carbocycles. The monoisotopic (exact) mass is 297 g/mol. The number of hydrogen-bond acceptors (Lipinski definition) is 4. The van der Waals surface area contributed by atoms with E-state index in [0.29, 0.717) is 12.6 Å². The fourth-order valence-corrected chi connectivity index (χ4v) is 3.41. The molecule has 0 radical (unpaired) electrons. The average molecular weight is 297 g/mol. The van der Waals surface area contributed by atoms with Crippen LogP contribution in [0, 0.1) is 5.92 Å². The molecule has 1 aromatic carbocycles. The van der Waals surface area contributed by atoms with E-state index in [2.05, 4.69) is 11.8 Å². The van der Waals surface area contributed by atoms with Crippen molar-refractivity contribution < 1.29 is 8.42 Å². The highest BCUT2D eigenvalue weighted by molar-refractivity contribution is 7.89. The van der Waals surface area contributed by atoms with Gasteiger partial charge >= 0.3 is 0 Å². The normalized spacial score (nSPS) is 23.9. The molecule has 0 aliphatic carbocycles. The van der Waals surface area contributed by atoms with Gasteiger partial charge in [-0.15, -0.1) is 0 Å². The lowest BCUT2D eigenvalue weighted by molar-refractivity contribution is 0.336. The summed E-state index contributed by atoms with van der Waals surface area (Å²) in [6.07, 6.45) is 3.45. The Hall–Kier alpha value is -1.11. The third-order valence-corrected chi connectivity index (χ3v) is 5.10. The van der Waals surface area contributed by atoms with Gasteiger partial charge in [-0.05, 0) is 43.0 Å². The molecule has 2 atom stereocenters. The number of piperidine rings is 1. The Balaban J connectivity index is 2.18. The van der Waals surface area contributed by atoms with Crippen molar-refractivity contribution >= 4 is 15.7 Å². The van der Waals surface area contributed by atoms with E-state index in [1.54, 1.807) is 12.1 Å². The van der Waals surface area contributed by atoms with Gasteiger partial charge in [0, 0.05) is 24.8 Å². The second kappa shape index (κ2) is 6.11. The van der Waals surface area contributed by atoms with Crippen LogP contribution in [0.3, 0.4) is 0 Å². The fourth-order valence-electron chi connectivity index (χ4n) is 2.90. The molecule has 1 aliphatic heterocycles. The van der Waals surface area contributed by atoms with E-state index < -0.39 is 10.0 Å². The van der Waals surface area contributed by atoms with Crippen LogP contribution in [0.25, 0.3) is 0 Å². The van der Waals surface area contributed by atoms with E-state index in [4.69, 9.17) is 10.9 Å². The number of sulfonamides is 1. The Bertz CT molecular complexity index is 542. The average Bonchev–Trinajstić information content (AvgIpc) is 2.45. The SMILES string of the molecule is CCC1CCN(c2ccc(S(N)(=O)=O)cc2)C(CN)C1. The minimum absolute atomic E-state index is 0.147. The van der Waals surface area contributed by atoms with Gasteiger partial charge in [0.25, 0.3) is 0 Å².